The zero-order valence-corrected chi connectivity index (χ0v) is 14.6. The van der Waals surface area contributed by atoms with Crippen LogP contribution in [0.3, 0.4) is 0 Å². The lowest BCUT2D eigenvalue weighted by molar-refractivity contribution is 0.0599. The number of carbonyl (C=O) groups is 2. The number of aryl methyl sites for hydroxylation is 1. The van der Waals surface area contributed by atoms with E-state index in [1.54, 1.807) is 11.9 Å². The van der Waals surface area contributed by atoms with Crippen LogP contribution in [-0.2, 0) is 13.6 Å². The molecular formula is C17H19ClN4O3. The van der Waals surface area contributed by atoms with Gasteiger partial charge in [0.05, 0.1) is 6.20 Å². The summed E-state index contributed by atoms with van der Waals surface area (Å²) in [5, 5.41) is 13.8. The summed E-state index contributed by atoms with van der Waals surface area (Å²) in [6, 6.07) is 7.73. The molecule has 132 valence electrons. The molecule has 1 N–H and O–H groups in total. The number of benzene rings is 1. The Hall–Kier alpha value is -2.38. The Morgan fingerprint density at radius 1 is 1.24 bits per heavy atom. The molecule has 1 aromatic heterocycles. The van der Waals surface area contributed by atoms with Crippen LogP contribution in [-0.4, -0.2) is 62.7 Å². The summed E-state index contributed by atoms with van der Waals surface area (Å²) in [6.07, 6.45) is 1.21. The van der Waals surface area contributed by atoms with Crippen LogP contribution in [0, 0.1) is 0 Å². The maximum absolute atomic E-state index is 12.7. The molecule has 2 aromatic rings. The van der Waals surface area contributed by atoms with Gasteiger partial charge in [-0.3, -0.25) is 14.4 Å². The second-order valence-corrected chi connectivity index (χ2v) is 6.47. The third-order valence-electron chi connectivity index (χ3n) is 4.33. The summed E-state index contributed by atoms with van der Waals surface area (Å²) < 4.78 is 1.32. The largest absolute Gasteiger partial charge is 0.478 e. The van der Waals surface area contributed by atoms with Crippen LogP contribution >= 0.6 is 11.6 Å². The van der Waals surface area contributed by atoms with Crippen molar-refractivity contribution in [2.24, 2.45) is 7.05 Å². The predicted molar refractivity (Wildman–Crippen MR) is 92.8 cm³/mol. The third-order valence-corrected chi connectivity index (χ3v) is 4.56. The lowest BCUT2D eigenvalue weighted by atomic mass is 10.1. The van der Waals surface area contributed by atoms with Crippen LogP contribution in [0.2, 0.25) is 5.02 Å². The third kappa shape index (κ3) is 3.83. The Kier molecular flexibility index (Phi) is 5.06. The van der Waals surface area contributed by atoms with Crippen LogP contribution in [0.5, 0.6) is 0 Å². The average molecular weight is 363 g/mol. The molecule has 1 aliphatic heterocycles. The number of carboxylic acid groups (broad SMARTS) is 1. The van der Waals surface area contributed by atoms with Gasteiger partial charge in [0, 0.05) is 44.8 Å². The molecule has 8 heteroatoms. The highest BCUT2D eigenvalue weighted by Gasteiger charge is 2.28. The van der Waals surface area contributed by atoms with Gasteiger partial charge in [-0.1, -0.05) is 23.7 Å². The molecule has 1 amide bonds. The van der Waals surface area contributed by atoms with Crippen LogP contribution in [0.1, 0.15) is 26.4 Å². The molecule has 0 bridgehead atoms. The van der Waals surface area contributed by atoms with Crippen molar-refractivity contribution in [2.75, 3.05) is 26.2 Å². The normalized spacial score (nSPS) is 15.4. The zero-order chi connectivity index (χ0) is 18.0. The lowest BCUT2D eigenvalue weighted by Crippen LogP contribution is -2.48. The minimum Gasteiger partial charge on any atom is -0.478 e. The molecule has 0 spiro atoms. The van der Waals surface area contributed by atoms with Gasteiger partial charge in [0.25, 0.3) is 5.91 Å². The first-order chi connectivity index (χ1) is 12.0. The minimum absolute atomic E-state index is 0.0612. The van der Waals surface area contributed by atoms with E-state index in [0.29, 0.717) is 18.1 Å². The Bertz CT molecular complexity index is 797. The Labute approximate surface area is 150 Å². The van der Waals surface area contributed by atoms with Crippen LogP contribution in [0.25, 0.3) is 0 Å². The van der Waals surface area contributed by atoms with E-state index >= 15 is 0 Å². The van der Waals surface area contributed by atoms with Gasteiger partial charge in [-0.05, 0) is 17.7 Å². The van der Waals surface area contributed by atoms with E-state index in [2.05, 4.69) is 10.00 Å². The SMILES string of the molecule is Cn1ncc(C(=O)O)c1C(=O)N1CCN(Cc2cccc(Cl)c2)CC1. The summed E-state index contributed by atoms with van der Waals surface area (Å²) >= 11 is 6.01. The number of piperazine rings is 1. The highest BCUT2D eigenvalue weighted by atomic mass is 35.5. The number of rotatable bonds is 4. The van der Waals surface area contributed by atoms with Crippen molar-refractivity contribution in [1.29, 1.82) is 0 Å². The Morgan fingerprint density at radius 2 is 1.96 bits per heavy atom. The average Bonchev–Trinajstić information content (AvgIpc) is 2.97. The molecule has 0 aliphatic carbocycles. The molecule has 1 fully saturated rings. The maximum Gasteiger partial charge on any atom is 0.339 e. The molecule has 0 unspecified atom stereocenters. The molecule has 1 aliphatic rings. The standard InChI is InChI=1S/C17H19ClN4O3/c1-20-15(14(10-19-20)17(24)25)16(23)22-7-5-21(6-8-22)11-12-3-2-4-13(18)9-12/h2-4,9-10H,5-8,11H2,1H3,(H,24,25). The molecule has 0 saturated carbocycles. The van der Waals surface area contributed by atoms with Crippen LogP contribution in [0.15, 0.2) is 30.5 Å². The molecule has 0 atom stereocenters. The minimum atomic E-state index is -1.14. The topological polar surface area (TPSA) is 78.7 Å². The maximum atomic E-state index is 12.7. The van der Waals surface area contributed by atoms with Crippen molar-refractivity contribution in [3.63, 3.8) is 0 Å². The second kappa shape index (κ2) is 7.25. The van der Waals surface area contributed by atoms with E-state index in [9.17, 15) is 14.7 Å². The van der Waals surface area contributed by atoms with E-state index < -0.39 is 5.97 Å². The van der Waals surface area contributed by atoms with Crippen molar-refractivity contribution >= 4 is 23.5 Å². The number of aromatic nitrogens is 2. The fourth-order valence-corrected chi connectivity index (χ4v) is 3.21. The summed E-state index contributed by atoms with van der Waals surface area (Å²) in [5.41, 5.74) is 1.19. The molecule has 25 heavy (non-hydrogen) atoms. The first-order valence-electron chi connectivity index (χ1n) is 7.97. The number of hydrogen-bond acceptors (Lipinski definition) is 4. The smallest absolute Gasteiger partial charge is 0.339 e. The van der Waals surface area contributed by atoms with Crippen molar-refractivity contribution < 1.29 is 14.7 Å². The van der Waals surface area contributed by atoms with Gasteiger partial charge in [-0.2, -0.15) is 5.10 Å². The predicted octanol–water partition coefficient (Wildman–Crippen LogP) is 1.73. The summed E-state index contributed by atoms with van der Waals surface area (Å²) in [4.78, 5) is 27.9. The van der Waals surface area contributed by atoms with Crippen molar-refractivity contribution in [3.05, 3.63) is 52.3 Å². The number of aromatic carboxylic acids is 1. The van der Waals surface area contributed by atoms with Crippen molar-refractivity contribution in [3.8, 4) is 0 Å². The summed E-state index contributed by atoms with van der Waals surface area (Å²) in [5.74, 6) is -1.43. The molecule has 3 rings (SSSR count). The fourth-order valence-electron chi connectivity index (χ4n) is 3.00. The number of hydrogen-bond donors (Lipinski definition) is 1. The molecule has 0 radical (unpaired) electrons. The van der Waals surface area contributed by atoms with Crippen molar-refractivity contribution in [2.45, 2.75) is 6.54 Å². The van der Waals surface area contributed by atoms with Crippen LogP contribution < -0.4 is 0 Å². The fraction of sp³-hybridized carbons (Fsp3) is 0.353. The highest BCUT2D eigenvalue weighted by molar-refractivity contribution is 6.30. The number of carboxylic acids is 1. The van der Waals surface area contributed by atoms with E-state index in [1.807, 2.05) is 24.3 Å². The van der Waals surface area contributed by atoms with Gasteiger partial charge in [-0.15, -0.1) is 0 Å². The lowest BCUT2D eigenvalue weighted by Gasteiger charge is -2.34. The Morgan fingerprint density at radius 3 is 2.60 bits per heavy atom. The van der Waals surface area contributed by atoms with Gasteiger partial charge < -0.3 is 10.0 Å². The Balaban J connectivity index is 1.63. The van der Waals surface area contributed by atoms with E-state index in [-0.39, 0.29) is 17.2 Å². The van der Waals surface area contributed by atoms with Crippen molar-refractivity contribution in [1.82, 2.24) is 19.6 Å². The first kappa shape index (κ1) is 17.4. The zero-order valence-electron chi connectivity index (χ0n) is 13.9. The quantitative estimate of drug-likeness (QED) is 0.896. The second-order valence-electron chi connectivity index (χ2n) is 6.03. The molecule has 1 aromatic carbocycles. The van der Waals surface area contributed by atoms with E-state index in [0.717, 1.165) is 25.2 Å². The van der Waals surface area contributed by atoms with Crippen LogP contribution in [0.4, 0.5) is 0 Å². The highest BCUT2D eigenvalue weighted by Crippen LogP contribution is 2.16. The first-order valence-corrected chi connectivity index (χ1v) is 8.35. The van der Waals surface area contributed by atoms with Gasteiger partial charge in [0.2, 0.25) is 0 Å². The summed E-state index contributed by atoms with van der Waals surface area (Å²) in [6.45, 7) is 3.30. The summed E-state index contributed by atoms with van der Waals surface area (Å²) in [7, 11) is 1.58. The van der Waals surface area contributed by atoms with E-state index in [1.165, 1.54) is 10.9 Å². The van der Waals surface area contributed by atoms with Gasteiger partial charge >= 0.3 is 5.97 Å². The molecule has 7 nitrogen and oxygen atoms in total. The molecule has 1 saturated heterocycles. The number of nitrogens with zero attached hydrogens (tertiary/aromatic N) is 4. The van der Waals surface area contributed by atoms with E-state index in [4.69, 9.17) is 11.6 Å². The number of amides is 1. The van der Waals surface area contributed by atoms with Gasteiger partial charge in [-0.25, -0.2) is 4.79 Å². The number of carbonyl (C=O) groups excluding carboxylic acids is 1. The number of halogens is 1. The van der Waals surface area contributed by atoms with Gasteiger partial charge in [0.15, 0.2) is 0 Å². The molecule has 2 heterocycles. The monoisotopic (exact) mass is 362 g/mol. The van der Waals surface area contributed by atoms with Gasteiger partial charge in [0.1, 0.15) is 11.3 Å². The molecular weight excluding hydrogens is 344 g/mol.